The van der Waals surface area contributed by atoms with E-state index in [-0.39, 0.29) is 5.91 Å². The van der Waals surface area contributed by atoms with Crippen molar-refractivity contribution in [3.63, 3.8) is 0 Å². The second-order valence-corrected chi connectivity index (χ2v) is 6.69. The Morgan fingerprint density at radius 1 is 1.00 bits per heavy atom. The molecule has 2 aromatic rings. The molecule has 1 fully saturated rings. The van der Waals surface area contributed by atoms with Crippen LogP contribution in [0.4, 0.5) is 5.69 Å². The quantitative estimate of drug-likeness (QED) is 0.827. The number of aryl methyl sites for hydroxylation is 3. The summed E-state index contributed by atoms with van der Waals surface area (Å²) in [7, 11) is 0. The van der Waals surface area contributed by atoms with E-state index in [1.807, 2.05) is 55.5 Å². The first-order valence-electron chi connectivity index (χ1n) is 7.45. The Kier molecular flexibility index (Phi) is 4.35. The van der Waals surface area contributed by atoms with E-state index in [4.69, 9.17) is 0 Å². The molecule has 0 aromatic heterocycles. The summed E-state index contributed by atoms with van der Waals surface area (Å²) in [5, 5.41) is 3.45. The predicted octanol–water partition coefficient (Wildman–Crippen LogP) is 4.50. The Hall–Kier alpha value is -2.33. The average Bonchev–Trinajstić information content (AvgIpc) is 2.85. The fraction of sp³-hybridized carbons (Fsp3) is 0.158. The Balaban J connectivity index is 1.82. The largest absolute Gasteiger partial charge is 0.300 e. The molecular formula is C19H18N2OS. The van der Waals surface area contributed by atoms with Gasteiger partial charge in [0.25, 0.3) is 5.91 Å². The first kappa shape index (κ1) is 15.6. The molecule has 0 unspecified atom stereocenters. The molecule has 1 aliphatic rings. The molecule has 1 N–H and O–H groups in total. The van der Waals surface area contributed by atoms with Crippen LogP contribution in [0.3, 0.4) is 0 Å². The number of hydrogen-bond donors (Lipinski definition) is 1. The highest BCUT2D eigenvalue weighted by molar-refractivity contribution is 8.18. The molecule has 3 rings (SSSR count). The smallest absolute Gasteiger partial charge is 0.264 e. The predicted molar refractivity (Wildman–Crippen MR) is 97.9 cm³/mol. The minimum absolute atomic E-state index is 0.0989. The van der Waals surface area contributed by atoms with E-state index in [2.05, 4.69) is 24.2 Å². The van der Waals surface area contributed by atoms with Gasteiger partial charge in [-0.3, -0.25) is 4.79 Å². The number of carbonyl (C=O) groups is 1. The van der Waals surface area contributed by atoms with Gasteiger partial charge in [0.2, 0.25) is 0 Å². The summed E-state index contributed by atoms with van der Waals surface area (Å²) in [6.45, 7) is 6.17. The number of benzene rings is 2. The van der Waals surface area contributed by atoms with Crippen molar-refractivity contribution in [3.05, 3.63) is 69.6 Å². The zero-order chi connectivity index (χ0) is 16.4. The highest BCUT2D eigenvalue weighted by atomic mass is 32.2. The Morgan fingerprint density at radius 2 is 1.74 bits per heavy atom. The van der Waals surface area contributed by atoms with Gasteiger partial charge >= 0.3 is 0 Å². The minimum Gasteiger partial charge on any atom is -0.300 e. The first-order chi connectivity index (χ1) is 11.0. The van der Waals surface area contributed by atoms with E-state index in [0.29, 0.717) is 10.1 Å². The van der Waals surface area contributed by atoms with Gasteiger partial charge in [-0.2, -0.15) is 0 Å². The van der Waals surface area contributed by atoms with Gasteiger partial charge in [-0.15, -0.1) is 0 Å². The third kappa shape index (κ3) is 3.71. The zero-order valence-corrected chi connectivity index (χ0v) is 14.2. The molecule has 1 heterocycles. The van der Waals surface area contributed by atoms with Gasteiger partial charge in [0.05, 0.1) is 10.6 Å². The lowest BCUT2D eigenvalue weighted by atomic mass is 10.1. The Bertz CT molecular complexity index is 820. The van der Waals surface area contributed by atoms with E-state index in [0.717, 1.165) is 11.3 Å². The lowest BCUT2D eigenvalue weighted by molar-refractivity contribution is -0.115. The fourth-order valence-corrected chi connectivity index (χ4v) is 3.05. The molecular weight excluding hydrogens is 304 g/mol. The van der Waals surface area contributed by atoms with Gasteiger partial charge in [-0.25, -0.2) is 4.99 Å². The van der Waals surface area contributed by atoms with Crippen molar-refractivity contribution >= 4 is 34.6 Å². The molecule has 0 saturated carbocycles. The fourth-order valence-electron chi connectivity index (χ4n) is 2.21. The normalized spacial score (nSPS) is 17.8. The maximum atomic E-state index is 12.1. The van der Waals surface area contributed by atoms with Gasteiger partial charge in [0.15, 0.2) is 5.17 Å². The molecule has 4 heteroatoms. The van der Waals surface area contributed by atoms with Crippen LogP contribution in [-0.2, 0) is 4.79 Å². The molecule has 23 heavy (non-hydrogen) atoms. The average molecular weight is 322 g/mol. The third-order valence-electron chi connectivity index (χ3n) is 3.75. The minimum atomic E-state index is -0.0989. The van der Waals surface area contributed by atoms with E-state index in [1.54, 1.807) is 0 Å². The van der Waals surface area contributed by atoms with Gasteiger partial charge < -0.3 is 5.32 Å². The Morgan fingerprint density at radius 3 is 2.43 bits per heavy atom. The summed E-state index contributed by atoms with van der Waals surface area (Å²) >= 11 is 1.37. The molecule has 0 atom stereocenters. The number of rotatable bonds is 2. The zero-order valence-electron chi connectivity index (χ0n) is 13.4. The number of nitrogens with one attached hydrogen (secondary N) is 1. The van der Waals surface area contributed by atoms with Crippen LogP contribution < -0.4 is 5.32 Å². The molecule has 116 valence electrons. The summed E-state index contributed by atoms with van der Waals surface area (Å²) < 4.78 is 0. The van der Waals surface area contributed by atoms with Crippen molar-refractivity contribution in [1.29, 1.82) is 0 Å². The van der Waals surface area contributed by atoms with Crippen LogP contribution in [0, 0.1) is 20.8 Å². The van der Waals surface area contributed by atoms with E-state index in [1.165, 1.54) is 28.5 Å². The highest BCUT2D eigenvalue weighted by Crippen LogP contribution is 2.28. The number of hydrogen-bond acceptors (Lipinski definition) is 3. The van der Waals surface area contributed by atoms with Crippen molar-refractivity contribution in [2.24, 2.45) is 4.99 Å². The summed E-state index contributed by atoms with van der Waals surface area (Å²) in [6, 6.07) is 14.1. The molecule has 2 aromatic carbocycles. The second kappa shape index (κ2) is 6.42. The summed E-state index contributed by atoms with van der Waals surface area (Å²) in [4.78, 5) is 17.3. The molecule has 1 amide bonds. The van der Waals surface area contributed by atoms with Crippen LogP contribution >= 0.6 is 11.8 Å². The molecule has 0 radical (unpaired) electrons. The van der Waals surface area contributed by atoms with Gasteiger partial charge in [0, 0.05) is 0 Å². The van der Waals surface area contributed by atoms with Crippen molar-refractivity contribution < 1.29 is 4.79 Å². The van der Waals surface area contributed by atoms with Crippen molar-refractivity contribution in [3.8, 4) is 0 Å². The van der Waals surface area contributed by atoms with Crippen molar-refractivity contribution in [1.82, 2.24) is 5.32 Å². The molecule has 0 bridgehead atoms. The monoisotopic (exact) mass is 322 g/mol. The second-order valence-electron chi connectivity index (χ2n) is 5.66. The van der Waals surface area contributed by atoms with E-state index < -0.39 is 0 Å². The topological polar surface area (TPSA) is 41.5 Å². The lowest BCUT2D eigenvalue weighted by Gasteiger charge is -2.01. The maximum Gasteiger partial charge on any atom is 0.264 e. The summed E-state index contributed by atoms with van der Waals surface area (Å²) in [6.07, 6.45) is 1.89. The molecule has 1 saturated heterocycles. The van der Waals surface area contributed by atoms with Crippen molar-refractivity contribution in [2.45, 2.75) is 20.8 Å². The highest BCUT2D eigenvalue weighted by Gasteiger charge is 2.23. The number of thioether (sulfide) groups is 1. The number of aliphatic imine (C=N–C) groups is 1. The van der Waals surface area contributed by atoms with Crippen LogP contribution in [0.1, 0.15) is 22.3 Å². The van der Waals surface area contributed by atoms with Crippen LogP contribution in [0.5, 0.6) is 0 Å². The van der Waals surface area contributed by atoms with Crippen LogP contribution in [0.2, 0.25) is 0 Å². The SMILES string of the molecule is Cc1ccc(C=C2SC(=Nc3ccc(C)c(C)c3)NC2=O)cc1. The third-order valence-corrected chi connectivity index (χ3v) is 4.66. The van der Waals surface area contributed by atoms with Crippen molar-refractivity contribution in [2.75, 3.05) is 0 Å². The number of carbonyl (C=O) groups excluding carboxylic acids is 1. The van der Waals surface area contributed by atoms with Crippen LogP contribution in [0.25, 0.3) is 6.08 Å². The van der Waals surface area contributed by atoms with Crippen LogP contribution in [-0.4, -0.2) is 11.1 Å². The molecule has 0 spiro atoms. The number of amides is 1. The Labute approximate surface area is 140 Å². The number of nitrogens with zero attached hydrogens (tertiary/aromatic N) is 1. The summed E-state index contributed by atoms with van der Waals surface area (Å²) in [5.41, 5.74) is 5.49. The lowest BCUT2D eigenvalue weighted by Crippen LogP contribution is -2.19. The standard InChI is InChI=1S/C19H18N2OS/c1-12-4-7-15(8-5-12)11-17-18(22)21-19(23-17)20-16-9-6-13(2)14(3)10-16/h4-11H,1-3H3,(H,20,21,22). The molecule has 0 aliphatic carbocycles. The van der Waals surface area contributed by atoms with E-state index in [9.17, 15) is 4.79 Å². The maximum absolute atomic E-state index is 12.1. The number of amidine groups is 1. The van der Waals surface area contributed by atoms with Gasteiger partial charge in [-0.05, 0) is 67.4 Å². The van der Waals surface area contributed by atoms with E-state index >= 15 is 0 Å². The van der Waals surface area contributed by atoms with Gasteiger partial charge in [-0.1, -0.05) is 35.9 Å². The summed E-state index contributed by atoms with van der Waals surface area (Å²) in [5.74, 6) is -0.0989. The van der Waals surface area contributed by atoms with Gasteiger partial charge in [0.1, 0.15) is 0 Å². The molecule has 1 aliphatic heterocycles. The van der Waals surface area contributed by atoms with Crippen LogP contribution in [0.15, 0.2) is 52.4 Å². The first-order valence-corrected chi connectivity index (χ1v) is 8.26. The molecule has 3 nitrogen and oxygen atoms in total.